The number of aromatic nitrogens is 1. The van der Waals surface area contributed by atoms with E-state index in [1.54, 1.807) is 32.5 Å². The van der Waals surface area contributed by atoms with Crippen molar-refractivity contribution in [1.82, 2.24) is 4.98 Å². The van der Waals surface area contributed by atoms with Crippen molar-refractivity contribution in [2.75, 3.05) is 43.8 Å². The molecule has 0 atom stereocenters. The van der Waals surface area contributed by atoms with Gasteiger partial charge in [0.2, 0.25) is 0 Å². The first kappa shape index (κ1) is 20.0. The van der Waals surface area contributed by atoms with Crippen LogP contribution in [0.5, 0.6) is 11.5 Å². The molecule has 0 unspecified atom stereocenters. The number of carbonyl (C=O) groups excluding carboxylic acids is 1. The number of anilines is 4. The number of nitrogens with zero attached hydrogens (tertiary/aromatic N) is 2. The van der Waals surface area contributed by atoms with Gasteiger partial charge in [-0.3, -0.25) is 9.78 Å². The van der Waals surface area contributed by atoms with E-state index in [4.69, 9.17) is 9.47 Å². The second-order valence-electron chi connectivity index (χ2n) is 6.55. The number of methoxy groups -OCH3 is 2. The predicted octanol–water partition coefficient (Wildman–Crippen LogP) is 4.16. The van der Waals surface area contributed by atoms with Crippen LogP contribution in [-0.4, -0.2) is 39.2 Å². The van der Waals surface area contributed by atoms with Crippen molar-refractivity contribution in [3.63, 3.8) is 0 Å². The fraction of sp³-hybridized carbons (Fsp3) is 0.182. The Balaban J connectivity index is 1.74. The second kappa shape index (κ2) is 8.97. The van der Waals surface area contributed by atoms with Gasteiger partial charge in [0.1, 0.15) is 11.5 Å². The van der Waals surface area contributed by atoms with Crippen molar-refractivity contribution >= 4 is 28.7 Å². The van der Waals surface area contributed by atoms with Crippen molar-refractivity contribution < 1.29 is 14.3 Å². The number of benzene rings is 2. The van der Waals surface area contributed by atoms with E-state index < -0.39 is 0 Å². The Labute approximate surface area is 170 Å². The summed E-state index contributed by atoms with van der Waals surface area (Å²) in [6.45, 7) is 0. The van der Waals surface area contributed by atoms with Crippen LogP contribution in [-0.2, 0) is 0 Å². The molecule has 0 saturated heterocycles. The maximum Gasteiger partial charge on any atom is 0.257 e. The third-order valence-electron chi connectivity index (χ3n) is 4.33. The molecule has 0 spiro atoms. The summed E-state index contributed by atoms with van der Waals surface area (Å²) in [5, 5.41) is 6.11. The Kier molecular flexibility index (Phi) is 6.19. The van der Waals surface area contributed by atoms with Crippen molar-refractivity contribution in [3.05, 3.63) is 66.5 Å². The van der Waals surface area contributed by atoms with Crippen molar-refractivity contribution in [3.8, 4) is 11.5 Å². The Morgan fingerprint density at radius 1 is 0.931 bits per heavy atom. The largest absolute Gasteiger partial charge is 0.497 e. The summed E-state index contributed by atoms with van der Waals surface area (Å²) in [5.74, 6) is 1.08. The minimum atomic E-state index is -0.236. The predicted molar refractivity (Wildman–Crippen MR) is 116 cm³/mol. The van der Waals surface area contributed by atoms with E-state index >= 15 is 0 Å². The lowest BCUT2D eigenvalue weighted by Gasteiger charge is -2.14. The first-order valence-electron chi connectivity index (χ1n) is 9.03. The minimum Gasteiger partial charge on any atom is -0.497 e. The topological polar surface area (TPSA) is 75.7 Å². The molecule has 0 aliphatic rings. The maximum atomic E-state index is 12.6. The van der Waals surface area contributed by atoms with E-state index in [1.165, 1.54) is 6.20 Å². The van der Waals surface area contributed by atoms with E-state index in [0.717, 1.165) is 17.1 Å². The summed E-state index contributed by atoms with van der Waals surface area (Å²) < 4.78 is 10.6. The van der Waals surface area contributed by atoms with Gasteiger partial charge in [0.25, 0.3) is 5.91 Å². The lowest BCUT2D eigenvalue weighted by atomic mass is 10.2. The van der Waals surface area contributed by atoms with Gasteiger partial charge in [0.15, 0.2) is 0 Å². The Morgan fingerprint density at radius 3 is 2.34 bits per heavy atom. The highest BCUT2D eigenvalue weighted by Gasteiger charge is 2.10. The van der Waals surface area contributed by atoms with Gasteiger partial charge in [-0.1, -0.05) is 0 Å². The van der Waals surface area contributed by atoms with E-state index in [9.17, 15) is 4.79 Å². The molecule has 0 saturated carbocycles. The van der Waals surface area contributed by atoms with Crippen LogP contribution in [0.15, 0.2) is 60.9 Å². The molecule has 2 aromatic carbocycles. The summed E-state index contributed by atoms with van der Waals surface area (Å²) in [7, 11) is 7.12. The molecule has 7 nitrogen and oxygen atoms in total. The molecule has 0 bridgehead atoms. The Hall–Kier alpha value is -3.74. The number of ether oxygens (including phenoxy) is 2. The van der Waals surface area contributed by atoms with Crippen LogP contribution in [0.1, 0.15) is 10.4 Å². The smallest absolute Gasteiger partial charge is 0.257 e. The zero-order chi connectivity index (χ0) is 20.8. The lowest BCUT2D eigenvalue weighted by Crippen LogP contribution is -2.13. The normalized spacial score (nSPS) is 10.2. The highest BCUT2D eigenvalue weighted by Crippen LogP contribution is 2.31. The van der Waals surface area contributed by atoms with E-state index in [2.05, 4.69) is 15.6 Å². The van der Waals surface area contributed by atoms with Gasteiger partial charge in [0, 0.05) is 37.7 Å². The summed E-state index contributed by atoms with van der Waals surface area (Å²) in [5.41, 5.74) is 3.63. The molecule has 150 valence electrons. The quantitative estimate of drug-likeness (QED) is 0.629. The number of carbonyl (C=O) groups is 1. The monoisotopic (exact) mass is 392 g/mol. The molecule has 29 heavy (non-hydrogen) atoms. The van der Waals surface area contributed by atoms with Gasteiger partial charge in [0.05, 0.1) is 37.4 Å². The number of hydrogen-bond donors (Lipinski definition) is 2. The molecule has 0 aliphatic carbocycles. The molecule has 1 aromatic heterocycles. The van der Waals surface area contributed by atoms with Crippen molar-refractivity contribution in [2.24, 2.45) is 0 Å². The van der Waals surface area contributed by atoms with E-state index in [1.807, 2.05) is 55.4 Å². The number of hydrogen-bond acceptors (Lipinski definition) is 6. The maximum absolute atomic E-state index is 12.6. The number of nitrogens with one attached hydrogen (secondary N) is 2. The first-order chi connectivity index (χ1) is 14.0. The number of rotatable bonds is 7. The van der Waals surface area contributed by atoms with Crippen LogP contribution >= 0.6 is 0 Å². The molecule has 1 amide bonds. The molecule has 0 aliphatic heterocycles. The zero-order valence-electron chi connectivity index (χ0n) is 16.9. The molecule has 2 N–H and O–H groups in total. The second-order valence-corrected chi connectivity index (χ2v) is 6.55. The van der Waals surface area contributed by atoms with Crippen LogP contribution in [0.3, 0.4) is 0 Å². The average molecular weight is 392 g/mol. The highest BCUT2D eigenvalue weighted by molar-refractivity contribution is 6.04. The highest BCUT2D eigenvalue weighted by atomic mass is 16.5. The molecular formula is C22H24N4O3. The minimum absolute atomic E-state index is 0.236. The fourth-order valence-electron chi connectivity index (χ4n) is 2.74. The van der Waals surface area contributed by atoms with Crippen molar-refractivity contribution in [1.29, 1.82) is 0 Å². The van der Waals surface area contributed by atoms with E-state index in [0.29, 0.717) is 22.7 Å². The van der Waals surface area contributed by atoms with Crippen molar-refractivity contribution in [2.45, 2.75) is 0 Å². The summed E-state index contributed by atoms with van der Waals surface area (Å²) in [4.78, 5) is 18.8. The third kappa shape index (κ3) is 4.95. The van der Waals surface area contributed by atoms with Crippen LogP contribution < -0.4 is 25.0 Å². The van der Waals surface area contributed by atoms with Gasteiger partial charge >= 0.3 is 0 Å². The first-order valence-corrected chi connectivity index (χ1v) is 9.03. The van der Waals surface area contributed by atoms with Crippen LogP contribution in [0.2, 0.25) is 0 Å². The Morgan fingerprint density at radius 2 is 1.69 bits per heavy atom. The zero-order valence-corrected chi connectivity index (χ0v) is 16.9. The lowest BCUT2D eigenvalue weighted by molar-refractivity contribution is 0.102. The van der Waals surface area contributed by atoms with Crippen LogP contribution in [0, 0.1) is 0 Å². The van der Waals surface area contributed by atoms with Gasteiger partial charge in [-0.05, 0) is 42.5 Å². The van der Waals surface area contributed by atoms with Crippen LogP contribution in [0.4, 0.5) is 22.7 Å². The molecular weight excluding hydrogens is 368 g/mol. The molecule has 3 rings (SSSR count). The SMILES string of the molecule is COc1ccc(Nc2cncc(C(=O)Nc3ccc(N(C)C)cc3)c2)c(OC)c1. The molecule has 1 heterocycles. The molecule has 7 heteroatoms. The van der Waals surface area contributed by atoms with Gasteiger partial charge in [-0.15, -0.1) is 0 Å². The van der Waals surface area contributed by atoms with E-state index in [-0.39, 0.29) is 5.91 Å². The molecule has 3 aromatic rings. The van der Waals surface area contributed by atoms with Crippen LogP contribution in [0.25, 0.3) is 0 Å². The van der Waals surface area contributed by atoms with Gasteiger partial charge in [-0.2, -0.15) is 0 Å². The molecule has 0 radical (unpaired) electrons. The summed E-state index contributed by atoms with van der Waals surface area (Å²) >= 11 is 0. The van der Waals surface area contributed by atoms with Gasteiger partial charge in [-0.25, -0.2) is 0 Å². The summed E-state index contributed by atoms with van der Waals surface area (Å²) in [6.07, 6.45) is 3.17. The number of amides is 1. The summed E-state index contributed by atoms with van der Waals surface area (Å²) in [6, 6.07) is 14.8. The Bertz CT molecular complexity index is 988. The van der Waals surface area contributed by atoms with Gasteiger partial charge < -0.3 is 25.0 Å². The molecule has 0 fully saturated rings. The third-order valence-corrected chi connectivity index (χ3v) is 4.33. The fourth-order valence-corrected chi connectivity index (χ4v) is 2.74. The number of pyridine rings is 1. The average Bonchev–Trinajstić information content (AvgIpc) is 2.74. The standard InChI is InChI=1S/C22H24N4O3/c1-26(2)18-7-5-16(6-8-18)25-22(27)15-11-17(14-23-13-15)24-20-10-9-19(28-3)12-21(20)29-4/h5-14,24H,1-4H3,(H,25,27).